The predicted molar refractivity (Wildman–Crippen MR) is 40.3 cm³/mol. The van der Waals surface area contributed by atoms with Gasteiger partial charge < -0.3 is 5.11 Å². The highest BCUT2D eigenvalue weighted by molar-refractivity contribution is 6.09. The molecule has 0 heterocycles. The van der Waals surface area contributed by atoms with E-state index in [1.165, 1.54) is 0 Å². The Hall–Kier alpha value is 0.177. The van der Waals surface area contributed by atoms with Crippen LogP contribution in [-0.4, -0.2) is 21.0 Å². The summed E-state index contributed by atoms with van der Waals surface area (Å²) in [5.41, 5.74) is -0.313. The molecule has 0 aromatic rings. The van der Waals surface area contributed by atoms with Crippen molar-refractivity contribution >= 4 is 10.2 Å². The molecule has 2 heteroatoms. The molecule has 0 atom stereocenters. The average molecular weight is 132 g/mol. The molecule has 0 unspecified atom stereocenters. The first-order valence-electron chi connectivity index (χ1n) is 3.41. The molecule has 0 saturated carbocycles. The highest BCUT2D eigenvalue weighted by Crippen LogP contribution is 2.16. The van der Waals surface area contributed by atoms with Gasteiger partial charge in [-0.1, -0.05) is 13.8 Å². The van der Waals surface area contributed by atoms with Crippen molar-refractivity contribution in [2.45, 2.75) is 38.3 Å². The molecule has 1 N–H and O–H groups in total. The minimum Gasteiger partial charge on any atom is -0.390 e. The Kier molecular flexibility index (Phi) is 3.32. The fourth-order valence-corrected chi connectivity index (χ4v) is 1.75. The van der Waals surface area contributed by atoms with Gasteiger partial charge in [0.15, 0.2) is 0 Å². The first kappa shape index (κ1) is 8.18. The van der Waals surface area contributed by atoms with Gasteiger partial charge in [-0.25, -0.2) is 0 Å². The van der Waals surface area contributed by atoms with Crippen LogP contribution < -0.4 is 0 Å². The first-order chi connectivity index (χ1) is 3.68. The van der Waals surface area contributed by atoms with Crippen LogP contribution in [0.15, 0.2) is 0 Å². The van der Waals surface area contributed by atoms with Gasteiger partial charge >= 0.3 is 0 Å². The molecule has 0 aliphatic carbocycles. The Labute approximate surface area is 54.5 Å². The smallest absolute Gasteiger partial charge is 0.0611 e. The van der Waals surface area contributed by atoms with E-state index in [9.17, 15) is 5.11 Å². The standard InChI is InChI=1S/C6H16OSi/c1-3-6(7,4-2)5-8/h7H,3-5H2,1-2,8H3. The number of hydrogen-bond donors (Lipinski definition) is 1. The fraction of sp³-hybridized carbons (Fsp3) is 1.00. The Bertz CT molecular complexity index is 51.3. The van der Waals surface area contributed by atoms with Crippen molar-refractivity contribution in [1.82, 2.24) is 0 Å². The second kappa shape index (κ2) is 3.25. The summed E-state index contributed by atoms with van der Waals surface area (Å²) in [6.07, 6.45) is 1.82. The lowest BCUT2D eigenvalue weighted by atomic mass is 10.0. The summed E-state index contributed by atoms with van der Waals surface area (Å²) in [5.74, 6) is 0. The maximum atomic E-state index is 9.47. The maximum absolute atomic E-state index is 9.47. The monoisotopic (exact) mass is 132 g/mol. The SMILES string of the molecule is CCC(O)(CC)C[SiH3]. The van der Waals surface area contributed by atoms with Crippen LogP contribution in [0, 0.1) is 0 Å². The minimum absolute atomic E-state index is 0.313. The highest BCUT2D eigenvalue weighted by Gasteiger charge is 2.17. The number of aliphatic hydroxyl groups is 1. The third-order valence-electron chi connectivity index (χ3n) is 1.97. The summed E-state index contributed by atoms with van der Waals surface area (Å²) in [5, 5.41) is 9.47. The Morgan fingerprint density at radius 1 is 1.38 bits per heavy atom. The topological polar surface area (TPSA) is 20.2 Å². The molecule has 0 radical (unpaired) electrons. The number of rotatable bonds is 3. The predicted octanol–water partition coefficient (Wildman–Crippen LogP) is 0.321. The lowest BCUT2D eigenvalue weighted by Crippen LogP contribution is -2.25. The molecule has 0 aromatic heterocycles. The third kappa shape index (κ3) is 1.97. The zero-order chi connectivity index (χ0) is 6.62. The molecule has 50 valence electrons. The van der Waals surface area contributed by atoms with Crippen molar-refractivity contribution in [2.24, 2.45) is 0 Å². The average Bonchev–Trinajstić information content (AvgIpc) is 1.87. The Morgan fingerprint density at radius 3 is 1.75 bits per heavy atom. The molecule has 0 spiro atoms. The molecule has 0 amide bonds. The molecule has 0 bridgehead atoms. The molecular weight excluding hydrogens is 116 g/mol. The molecule has 0 fully saturated rings. The lowest BCUT2D eigenvalue weighted by Gasteiger charge is -2.22. The Morgan fingerprint density at radius 2 is 1.75 bits per heavy atom. The van der Waals surface area contributed by atoms with Crippen LogP contribution in [0.3, 0.4) is 0 Å². The molecular formula is C6H16OSi. The fourth-order valence-electron chi connectivity index (χ4n) is 0.750. The van der Waals surface area contributed by atoms with Crippen molar-refractivity contribution in [3.63, 3.8) is 0 Å². The lowest BCUT2D eigenvalue weighted by molar-refractivity contribution is 0.0528. The molecule has 0 saturated heterocycles. The highest BCUT2D eigenvalue weighted by atomic mass is 28.1. The molecule has 1 nitrogen and oxygen atoms in total. The van der Waals surface area contributed by atoms with Crippen molar-refractivity contribution in [1.29, 1.82) is 0 Å². The van der Waals surface area contributed by atoms with Gasteiger partial charge in [-0.05, 0) is 18.9 Å². The van der Waals surface area contributed by atoms with E-state index in [4.69, 9.17) is 0 Å². The van der Waals surface area contributed by atoms with Crippen molar-refractivity contribution < 1.29 is 5.11 Å². The molecule has 0 rings (SSSR count). The van der Waals surface area contributed by atoms with E-state index >= 15 is 0 Å². The van der Waals surface area contributed by atoms with E-state index in [-0.39, 0.29) is 5.60 Å². The van der Waals surface area contributed by atoms with Crippen molar-refractivity contribution in [2.75, 3.05) is 0 Å². The van der Waals surface area contributed by atoms with E-state index in [0.29, 0.717) is 0 Å². The molecule has 8 heavy (non-hydrogen) atoms. The van der Waals surface area contributed by atoms with Crippen LogP contribution in [0.25, 0.3) is 0 Å². The van der Waals surface area contributed by atoms with Gasteiger partial charge in [-0.15, -0.1) is 0 Å². The van der Waals surface area contributed by atoms with Gasteiger partial charge in [0.25, 0.3) is 0 Å². The second-order valence-corrected chi connectivity index (χ2v) is 2.99. The van der Waals surface area contributed by atoms with Crippen LogP contribution >= 0.6 is 0 Å². The number of hydrogen-bond acceptors (Lipinski definition) is 1. The molecule has 0 aromatic carbocycles. The van der Waals surface area contributed by atoms with Gasteiger partial charge in [0.05, 0.1) is 5.60 Å². The second-order valence-electron chi connectivity index (χ2n) is 2.29. The van der Waals surface area contributed by atoms with Crippen molar-refractivity contribution in [3.05, 3.63) is 0 Å². The van der Waals surface area contributed by atoms with Crippen LogP contribution in [0.4, 0.5) is 0 Å². The first-order valence-corrected chi connectivity index (χ1v) is 4.82. The summed E-state index contributed by atoms with van der Waals surface area (Å²) in [6.45, 7) is 4.09. The zero-order valence-corrected chi connectivity index (χ0v) is 8.07. The van der Waals surface area contributed by atoms with E-state index in [1.54, 1.807) is 0 Å². The van der Waals surface area contributed by atoms with Crippen LogP contribution in [0.2, 0.25) is 6.04 Å². The van der Waals surface area contributed by atoms with Gasteiger partial charge in [-0.3, -0.25) is 0 Å². The van der Waals surface area contributed by atoms with Gasteiger partial charge in [-0.2, -0.15) is 0 Å². The Balaban J connectivity index is 3.58. The quantitative estimate of drug-likeness (QED) is 0.548. The van der Waals surface area contributed by atoms with Crippen molar-refractivity contribution in [3.8, 4) is 0 Å². The molecule has 0 aliphatic heterocycles. The largest absolute Gasteiger partial charge is 0.390 e. The van der Waals surface area contributed by atoms with Crippen LogP contribution in [0.5, 0.6) is 0 Å². The van der Waals surface area contributed by atoms with Crippen LogP contribution in [0.1, 0.15) is 26.7 Å². The minimum atomic E-state index is -0.313. The summed E-state index contributed by atoms with van der Waals surface area (Å²) in [4.78, 5) is 0. The van der Waals surface area contributed by atoms with E-state index in [0.717, 1.165) is 29.1 Å². The normalized spacial score (nSPS) is 12.4. The van der Waals surface area contributed by atoms with Gasteiger partial charge in [0.1, 0.15) is 0 Å². The van der Waals surface area contributed by atoms with Crippen LogP contribution in [-0.2, 0) is 0 Å². The summed E-state index contributed by atoms with van der Waals surface area (Å²) in [6, 6.07) is 1.01. The summed E-state index contributed by atoms with van der Waals surface area (Å²) < 4.78 is 0. The van der Waals surface area contributed by atoms with E-state index in [1.807, 2.05) is 13.8 Å². The maximum Gasteiger partial charge on any atom is 0.0611 e. The van der Waals surface area contributed by atoms with E-state index < -0.39 is 0 Å². The zero-order valence-electron chi connectivity index (χ0n) is 6.07. The summed E-state index contributed by atoms with van der Waals surface area (Å²) >= 11 is 0. The van der Waals surface area contributed by atoms with E-state index in [2.05, 4.69) is 0 Å². The van der Waals surface area contributed by atoms with Gasteiger partial charge in [0.2, 0.25) is 0 Å². The van der Waals surface area contributed by atoms with Gasteiger partial charge in [0, 0.05) is 10.2 Å². The molecule has 0 aliphatic rings. The summed E-state index contributed by atoms with van der Waals surface area (Å²) in [7, 11) is 1.12. The third-order valence-corrected chi connectivity index (χ3v) is 3.29.